The van der Waals surface area contributed by atoms with Crippen molar-refractivity contribution >= 4 is 15.7 Å². The molecule has 0 spiro atoms. The molecule has 0 aliphatic carbocycles. The molecule has 8 heteroatoms. The van der Waals surface area contributed by atoms with Crippen LogP contribution in [0.15, 0.2) is 61.2 Å². The highest BCUT2D eigenvalue weighted by molar-refractivity contribution is 7.92. The van der Waals surface area contributed by atoms with E-state index >= 15 is 0 Å². The quantitative estimate of drug-likeness (QED) is 0.701. The highest BCUT2D eigenvalue weighted by Gasteiger charge is 2.09. The minimum Gasteiger partial charge on any atom is -0.439 e. The Morgan fingerprint density at radius 1 is 1.12 bits per heavy atom. The van der Waals surface area contributed by atoms with Gasteiger partial charge in [0.1, 0.15) is 17.9 Å². The average Bonchev–Trinajstić information content (AvgIpc) is 3.11. The third kappa shape index (κ3) is 4.57. The molecular weight excluding hydrogens is 340 g/mol. The first-order chi connectivity index (χ1) is 12.1. The van der Waals surface area contributed by atoms with Crippen LogP contribution >= 0.6 is 0 Å². The summed E-state index contributed by atoms with van der Waals surface area (Å²) in [5.41, 5.74) is 0.497. The summed E-state index contributed by atoms with van der Waals surface area (Å²) in [7, 11) is -3.30. The van der Waals surface area contributed by atoms with Gasteiger partial charge in [-0.15, -0.1) is 0 Å². The van der Waals surface area contributed by atoms with Gasteiger partial charge in [0, 0.05) is 24.1 Å². The Labute approximate surface area is 146 Å². The minimum atomic E-state index is -3.30. The lowest BCUT2D eigenvalue weighted by Crippen LogP contribution is -2.15. The number of ether oxygens (including phenoxy) is 1. The van der Waals surface area contributed by atoms with Crippen molar-refractivity contribution in [1.82, 2.24) is 14.5 Å². The minimum absolute atomic E-state index is 0.0916. The number of hydrogen-bond acceptors (Lipinski definition) is 5. The smallest absolute Gasteiger partial charge is 0.232 e. The van der Waals surface area contributed by atoms with Crippen LogP contribution < -0.4 is 9.46 Å². The molecule has 0 saturated carbocycles. The van der Waals surface area contributed by atoms with E-state index in [1.165, 1.54) is 6.33 Å². The van der Waals surface area contributed by atoms with Crippen molar-refractivity contribution < 1.29 is 13.2 Å². The van der Waals surface area contributed by atoms with E-state index in [9.17, 15) is 8.42 Å². The molecule has 130 valence electrons. The lowest BCUT2D eigenvalue weighted by molar-refractivity contribution is 0.461. The Morgan fingerprint density at radius 2 is 1.84 bits per heavy atom. The van der Waals surface area contributed by atoms with E-state index in [0.717, 1.165) is 0 Å². The molecule has 0 bridgehead atoms. The molecule has 1 N–H and O–H groups in total. The third-order valence-electron chi connectivity index (χ3n) is 3.32. The first-order valence-electron chi connectivity index (χ1n) is 7.79. The fourth-order valence-electron chi connectivity index (χ4n) is 2.23. The predicted molar refractivity (Wildman–Crippen MR) is 95.6 cm³/mol. The Balaban J connectivity index is 1.71. The second-order valence-corrected chi connectivity index (χ2v) is 7.19. The van der Waals surface area contributed by atoms with Gasteiger partial charge in [0.25, 0.3) is 0 Å². The number of anilines is 1. The molecule has 0 fully saturated rings. The van der Waals surface area contributed by atoms with Crippen molar-refractivity contribution in [3.63, 3.8) is 0 Å². The van der Waals surface area contributed by atoms with Gasteiger partial charge in [0.15, 0.2) is 0 Å². The van der Waals surface area contributed by atoms with Gasteiger partial charge < -0.3 is 9.30 Å². The van der Waals surface area contributed by atoms with Crippen molar-refractivity contribution in [3.05, 3.63) is 61.2 Å². The highest BCUT2D eigenvalue weighted by Crippen LogP contribution is 2.23. The molecule has 1 aromatic carbocycles. The van der Waals surface area contributed by atoms with Crippen LogP contribution in [0.1, 0.15) is 13.3 Å². The number of hydrogen-bond donors (Lipinski definition) is 1. The summed E-state index contributed by atoms with van der Waals surface area (Å²) in [6, 6.07) is 12.2. The second kappa shape index (κ2) is 7.35. The Kier molecular flexibility index (Phi) is 4.99. The molecule has 0 aliphatic heterocycles. The zero-order chi connectivity index (χ0) is 17.7. The number of rotatable bonds is 7. The molecule has 3 aromatic rings. The molecule has 7 nitrogen and oxygen atoms in total. The van der Waals surface area contributed by atoms with Gasteiger partial charge in [-0.1, -0.05) is 6.92 Å². The summed E-state index contributed by atoms with van der Waals surface area (Å²) in [6.07, 6.45) is 5.75. The molecule has 0 aliphatic rings. The van der Waals surface area contributed by atoms with Gasteiger partial charge in [0.2, 0.25) is 15.9 Å². The van der Waals surface area contributed by atoms with E-state index in [1.807, 2.05) is 36.0 Å². The number of nitrogens with one attached hydrogen (secondary N) is 1. The third-order valence-corrected chi connectivity index (χ3v) is 4.81. The van der Waals surface area contributed by atoms with Crippen LogP contribution in [0.2, 0.25) is 0 Å². The van der Waals surface area contributed by atoms with Crippen molar-refractivity contribution in [3.8, 4) is 17.4 Å². The zero-order valence-electron chi connectivity index (χ0n) is 13.7. The Morgan fingerprint density at radius 3 is 2.52 bits per heavy atom. The molecular formula is C17H18N4O3S. The SMILES string of the molecule is CCCS(=O)(=O)Nc1ccc(Oc2cc(-n3cccc3)ncn2)cc1. The van der Waals surface area contributed by atoms with Gasteiger partial charge >= 0.3 is 0 Å². The average molecular weight is 358 g/mol. The second-order valence-electron chi connectivity index (χ2n) is 5.35. The van der Waals surface area contributed by atoms with Gasteiger partial charge in [-0.25, -0.2) is 18.4 Å². The van der Waals surface area contributed by atoms with Crippen molar-refractivity contribution in [1.29, 1.82) is 0 Å². The molecule has 2 aromatic heterocycles. The monoisotopic (exact) mass is 358 g/mol. The number of nitrogens with zero attached hydrogens (tertiary/aromatic N) is 3. The molecule has 0 radical (unpaired) electrons. The van der Waals surface area contributed by atoms with Gasteiger partial charge in [-0.3, -0.25) is 4.72 Å². The summed E-state index contributed by atoms with van der Waals surface area (Å²) in [5.74, 6) is 1.74. The van der Waals surface area contributed by atoms with Crippen molar-refractivity contribution in [2.45, 2.75) is 13.3 Å². The van der Waals surface area contributed by atoms with Crippen LogP contribution in [0.4, 0.5) is 5.69 Å². The Bertz CT molecular complexity index is 923. The van der Waals surface area contributed by atoms with E-state index in [2.05, 4.69) is 14.7 Å². The predicted octanol–water partition coefficient (Wildman–Crippen LogP) is 3.21. The summed E-state index contributed by atoms with van der Waals surface area (Å²) in [4.78, 5) is 8.28. The van der Waals surface area contributed by atoms with Crippen molar-refractivity contribution in [2.24, 2.45) is 0 Å². The standard InChI is InChI=1S/C17H18N4O3S/c1-2-11-25(22,23)20-14-5-7-15(8-6-14)24-17-12-16(18-13-19-17)21-9-3-4-10-21/h3-10,12-13,20H,2,11H2,1H3. The van der Waals surface area contributed by atoms with Gasteiger partial charge in [0.05, 0.1) is 5.75 Å². The highest BCUT2D eigenvalue weighted by atomic mass is 32.2. The lowest BCUT2D eigenvalue weighted by Gasteiger charge is -2.09. The molecule has 3 rings (SSSR count). The molecule has 0 atom stereocenters. The van der Waals surface area contributed by atoms with Crippen LogP contribution in [-0.4, -0.2) is 28.7 Å². The maximum Gasteiger partial charge on any atom is 0.232 e. The topological polar surface area (TPSA) is 86.1 Å². The van der Waals surface area contributed by atoms with Gasteiger partial charge in [-0.2, -0.15) is 0 Å². The summed E-state index contributed by atoms with van der Waals surface area (Å²) in [5, 5.41) is 0. The van der Waals surface area contributed by atoms with E-state index in [1.54, 1.807) is 30.3 Å². The molecule has 0 unspecified atom stereocenters. The largest absolute Gasteiger partial charge is 0.439 e. The summed E-state index contributed by atoms with van der Waals surface area (Å²) >= 11 is 0. The maximum atomic E-state index is 11.8. The van der Waals surface area contributed by atoms with Gasteiger partial charge in [-0.05, 0) is 42.8 Å². The fraction of sp³-hybridized carbons (Fsp3) is 0.176. The fourth-order valence-corrected chi connectivity index (χ4v) is 3.36. The lowest BCUT2D eigenvalue weighted by atomic mass is 10.3. The zero-order valence-corrected chi connectivity index (χ0v) is 14.5. The molecule has 25 heavy (non-hydrogen) atoms. The van der Waals surface area contributed by atoms with E-state index < -0.39 is 10.0 Å². The molecule has 0 saturated heterocycles. The van der Waals surface area contributed by atoms with Crippen LogP contribution in [-0.2, 0) is 10.0 Å². The van der Waals surface area contributed by atoms with E-state index in [-0.39, 0.29) is 5.75 Å². The van der Waals surface area contributed by atoms with E-state index in [0.29, 0.717) is 29.6 Å². The summed E-state index contributed by atoms with van der Waals surface area (Å²) in [6.45, 7) is 1.82. The van der Waals surface area contributed by atoms with Crippen LogP contribution in [0, 0.1) is 0 Å². The number of sulfonamides is 1. The number of aromatic nitrogens is 3. The molecule has 2 heterocycles. The van der Waals surface area contributed by atoms with Crippen molar-refractivity contribution in [2.75, 3.05) is 10.5 Å². The summed E-state index contributed by atoms with van der Waals surface area (Å²) < 4.78 is 33.6. The van der Waals surface area contributed by atoms with Crippen LogP contribution in [0.5, 0.6) is 11.6 Å². The first-order valence-corrected chi connectivity index (χ1v) is 9.45. The number of benzene rings is 1. The maximum absolute atomic E-state index is 11.8. The molecule has 0 amide bonds. The van der Waals surface area contributed by atoms with E-state index in [4.69, 9.17) is 4.74 Å². The van der Waals surface area contributed by atoms with Crippen LogP contribution in [0.25, 0.3) is 5.82 Å². The van der Waals surface area contributed by atoms with Crippen LogP contribution in [0.3, 0.4) is 0 Å². The normalized spacial score (nSPS) is 11.2. The Hall–Kier alpha value is -2.87. The first kappa shape index (κ1) is 17.0.